The molecule has 2 aliphatic heterocycles. The monoisotopic (exact) mass is 1180 g/mol. The van der Waals surface area contributed by atoms with Crippen LogP contribution in [0.2, 0.25) is 0 Å². The number of hydrogen-bond acceptors (Lipinski definition) is 4. The Morgan fingerprint density at radius 2 is 0.411 bits per heavy atom. The van der Waals surface area contributed by atoms with Crippen molar-refractivity contribution in [3.8, 4) is 44.5 Å². The van der Waals surface area contributed by atoms with Crippen molar-refractivity contribution < 1.29 is 19.2 Å². The zero-order valence-corrected chi connectivity index (χ0v) is 55.2. The Bertz CT molecular complexity index is 4140. The van der Waals surface area contributed by atoms with Gasteiger partial charge in [-0.1, -0.05) is 220 Å². The minimum absolute atomic E-state index is 0.0459. The minimum Gasteiger partial charge on any atom is -0.268 e. The van der Waals surface area contributed by atoms with Crippen LogP contribution in [0, 0.1) is 0 Å². The number of carbonyl (C=O) groups is 4. The summed E-state index contributed by atoms with van der Waals surface area (Å²) in [5.41, 5.74) is 18.6. The first-order valence-electron chi connectivity index (χ1n) is 32.8. The predicted molar refractivity (Wildman–Crippen MR) is 377 cm³/mol. The van der Waals surface area contributed by atoms with Gasteiger partial charge in [0, 0.05) is 10.8 Å². The highest BCUT2D eigenvalue weighted by Crippen LogP contribution is 2.57. The van der Waals surface area contributed by atoms with Gasteiger partial charge in [0.05, 0.1) is 33.6 Å². The molecular weight excluding hydrogens is 1100 g/mol. The van der Waals surface area contributed by atoms with Crippen LogP contribution >= 0.6 is 0 Å². The van der Waals surface area contributed by atoms with Crippen molar-refractivity contribution in [1.29, 1.82) is 0 Å². The number of imide groups is 2. The maximum atomic E-state index is 16.8. The van der Waals surface area contributed by atoms with E-state index in [9.17, 15) is 0 Å². The second-order valence-electron chi connectivity index (χ2n) is 27.9. The van der Waals surface area contributed by atoms with Gasteiger partial charge in [-0.05, 0) is 217 Å². The van der Waals surface area contributed by atoms with Crippen LogP contribution in [-0.4, -0.2) is 23.6 Å². The van der Waals surface area contributed by atoms with E-state index >= 15 is 19.2 Å². The quantitative estimate of drug-likeness (QED) is 0.0618. The molecule has 0 saturated heterocycles. The summed E-state index contributed by atoms with van der Waals surface area (Å²) < 4.78 is 0. The van der Waals surface area contributed by atoms with Crippen molar-refractivity contribution in [2.24, 2.45) is 0 Å². The molecule has 11 aromatic rings. The molecule has 13 rings (SSSR count). The predicted octanol–water partition coefficient (Wildman–Crippen LogP) is 23.0. The first-order chi connectivity index (χ1) is 43.0. The molecule has 0 saturated carbocycles. The molecule has 0 aromatic heterocycles. The molecular formula is C84H82N2O4. The Kier molecular flexibility index (Phi) is 15.0. The standard InChI is InChI=1S/C84H82N2O4/c1-43(2)53-31-23-32-54(44(3)4)69(53)65-39-61-62-40-67(71-57(47(9)10)35-25-36-58(71)48(11)12)77-80-74(62)64(42-68(72-59(49(13)14)37-26-38-60(72)50(15)16)78(80)84(90)86(83(77)89)52-29-21-18-22-30-52)63-41-66(70-55(45(5)6)33-24-34-56(70)46(7)8)76-79(73(61)63)75(65)81(87)85(82(76)88)51-27-19-17-20-28-51/h17-50H,1-16H3. The Labute approximate surface area is 531 Å². The fourth-order valence-electron chi connectivity index (χ4n) is 15.5. The first-order valence-corrected chi connectivity index (χ1v) is 32.8. The molecule has 6 nitrogen and oxygen atoms in total. The molecule has 2 heterocycles. The number of amides is 4. The van der Waals surface area contributed by atoms with Gasteiger partial charge >= 0.3 is 0 Å². The van der Waals surface area contributed by atoms with Crippen LogP contribution in [0.15, 0.2) is 158 Å². The molecule has 0 unspecified atom stereocenters. The van der Waals surface area contributed by atoms with Crippen LogP contribution in [0.5, 0.6) is 0 Å². The fraction of sp³-hybridized carbons (Fsp3) is 0.286. The molecule has 11 aromatic carbocycles. The lowest BCUT2D eigenvalue weighted by Gasteiger charge is -2.35. The summed E-state index contributed by atoms with van der Waals surface area (Å²) >= 11 is 0. The van der Waals surface area contributed by atoms with E-state index in [-0.39, 0.29) is 71.0 Å². The van der Waals surface area contributed by atoms with Crippen molar-refractivity contribution >= 4 is 78.1 Å². The van der Waals surface area contributed by atoms with Crippen molar-refractivity contribution in [2.45, 2.75) is 158 Å². The van der Waals surface area contributed by atoms with E-state index in [0.717, 1.165) is 121 Å². The van der Waals surface area contributed by atoms with Crippen molar-refractivity contribution in [3.05, 3.63) is 224 Å². The number of carbonyl (C=O) groups excluding carboxylic acids is 4. The third kappa shape index (κ3) is 9.01. The van der Waals surface area contributed by atoms with Crippen molar-refractivity contribution in [3.63, 3.8) is 0 Å². The number of para-hydroxylation sites is 2. The molecule has 0 fully saturated rings. The smallest absolute Gasteiger partial charge is 0.266 e. The number of benzene rings is 11. The minimum atomic E-state index is -0.382. The summed E-state index contributed by atoms with van der Waals surface area (Å²) in [5, 5.41) is 6.24. The van der Waals surface area contributed by atoms with Gasteiger partial charge in [-0.3, -0.25) is 19.2 Å². The Morgan fingerprint density at radius 1 is 0.222 bits per heavy atom. The Morgan fingerprint density at radius 3 is 0.589 bits per heavy atom. The number of fused-ring (bicyclic) bond motifs is 2. The molecule has 0 radical (unpaired) electrons. The number of nitrogens with zero attached hydrogens (tertiary/aromatic N) is 2. The van der Waals surface area contributed by atoms with Gasteiger partial charge in [0.15, 0.2) is 0 Å². The van der Waals surface area contributed by atoms with Crippen LogP contribution in [0.4, 0.5) is 11.4 Å². The summed E-state index contributed by atoms with van der Waals surface area (Å²) in [4.78, 5) is 70.1. The summed E-state index contributed by atoms with van der Waals surface area (Å²) in [6.07, 6.45) is 0. The summed E-state index contributed by atoms with van der Waals surface area (Å²) in [6.45, 7) is 35.5. The van der Waals surface area contributed by atoms with Crippen LogP contribution in [-0.2, 0) is 0 Å². The fourth-order valence-corrected chi connectivity index (χ4v) is 15.5. The second-order valence-corrected chi connectivity index (χ2v) is 27.9. The van der Waals surface area contributed by atoms with Gasteiger partial charge in [0.25, 0.3) is 23.6 Å². The lowest BCUT2D eigenvalue weighted by Crippen LogP contribution is -2.41. The zero-order chi connectivity index (χ0) is 63.8. The summed E-state index contributed by atoms with van der Waals surface area (Å²) in [5.74, 6) is -1.16. The van der Waals surface area contributed by atoms with E-state index in [4.69, 9.17) is 0 Å². The van der Waals surface area contributed by atoms with Crippen LogP contribution in [0.3, 0.4) is 0 Å². The molecule has 0 aliphatic carbocycles. The molecule has 6 heteroatoms. The van der Waals surface area contributed by atoms with Crippen LogP contribution < -0.4 is 9.80 Å². The molecule has 452 valence electrons. The largest absolute Gasteiger partial charge is 0.268 e. The molecule has 2 aliphatic rings. The van der Waals surface area contributed by atoms with Crippen LogP contribution in [0.1, 0.15) is 244 Å². The normalized spacial score (nSPS) is 13.7. The average molecular weight is 1180 g/mol. The SMILES string of the molecule is CC(C)c1cccc(C(C)C)c1-c1cc2c3cc(-c4c(C(C)C)cccc4C(C)C)c4c5c(c(-c6c(C(C)C)cccc6C(C)C)cc(c6cc(-c7c(C(C)C)cccc7C(C)C)c7c(c1C(=O)N(c1ccccc1)C7=O)c26)c53)C(=O)N(c1ccccc1)C4=O. The van der Waals surface area contributed by atoms with Gasteiger partial charge in [0.1, 0.15) is 0 Å². The van der Waals surface area contributed by atoms with Crippen molar-refractivity contribution in [2.75, 3.05) is 9.80 Å². The number of hydrogen-bond donors (Lipinski definition) is 0. The van der Waals surface area contributed by atoms with Gasteiger partial charge in [-0.25, -0.2) is 9.80 Å². The zero-order valence-electron chi connectivity index (χ0n) is 55.2. The maximum absolute atomic E-state index is 16.8. The third-order valence-electron chi connectivity index (χ3n) is 19.7. The highest BCUT2D eigenvalue weighted by Gasteiger charge is 2.44. The van der Waals surface area contributed by atoms with Gasteiger partial charge in [-0.2, -0.15) is 0 Å². The lowest BCUT2D eigenvalue weighted by atomic mass is 9.72. The number of rotatable bonds is 14. The molecule has 4 amide bonds. The van der Waals surface area contributed by atoms with Crippen molar-refractivity contribution in [1.82, 2.24) is 0 Å². The highest BCUT2D eigenvalue weighted by atomic mass is 16.2. The molecule has 0 N–H and O–H groups in total. The summed E-state index contributed by atoms with van der Waals surface area (Å²) in [7, 11) is 0. The lowest BCUT2D eigenvalue weighted by molar-refractivity contribution is 0.0878. The van der Waals surface area contributed by atoms with E-state index in [1.807, 2.05) is 60.7 Å². The topological polar surface area (TPSA) is 74.8 Å². The second kappa shape index (κ2) is 22.5. The Balaban J connectivity index is 1.41. The van der Waals surface area contributed by atoms with Crippen LogP contribution in [0.25, 0.3) is 87.6 Å². The van der Waals surface area contributed by atoms with Gasteiger partial charge in [0.2, 0.25) is 0 Å². The molecule has 0 spiro atoms. The average Bonchev–Trinajstić information content (AvgIpc) is 0.674. The highest BCUT2D eigenvalue weighted by molar-refractivity contribution is 6.49. The third-order valence-corrected chi connectivity index (χ3v) is 19.7. The number of anilines is 2. The van der Waals surface area contributed by atoms with Gasteiger partial charge in [-0.15, -0.1) is 0 Å². The maximum Gasteiger partial charge on any atom is 0.266 e. The van der Waals surface area contributed by atoms with E-state index in [0.29, 0.717) is 44.4 Å². The first kappa shape index (κ1) is 59.9. The molecule has 0 atom stereocenters. The van der Waals surface area contributed by atoms with E-state index in [1.54, 1.807) is 0 Å². The van der Waals surface area contributed by atoms with E-state index in [1.165, 1.54) is 9.80 Å². The molecule has 90 heavy (non-hydrogen) atoms. The van der Waals surface area contributed by atoms with E-state index < -0.39 is 0 Å². The van der Waals surface area contributed by atoms with Gasteiger partial charge < -0.3 is 0 Å². The van der Waals surface area contributed by atoms with E-state index in [2.05, 4.69) is 208 Å². The summed E-state index contributed by atoms with van der Waals surface area (Å²) in [6, 6.07) is 54.1. The molecule has 0 bridgehead atoms. The Hall–Kier alpha value is -9.00.